The molecule has 110 valence electrons. The first-order chi connectivity index (χ1) is 9.00. The summed E-state index contributed by atoms with van der Waals surface area (Å²) in [5.41, 5.74) is -0.137. The van der Waals surface area contributed by atoms with Gasteiger partial charge in [0.2, 0.25) is 0 Å². The molecular weight excluding hydrogens is 286 g/mol. The van der Waals surface area contributed by atoms with E-state index in [1.807, 2.05) is 6.92 Å². The van der Waals surface area contributed by atoms with E-state index in [1.54, 1.807) is 4.90 Å². The molecule has 2 N–H and O–H groups in total. The van der Waals surface area contributed by atoms with Crippen molar-refractivity contribution in [1.29, 1.82) is 0 Å². The van der Waals surface area contributed by atoms with E-state index in [4.69, 9.17) is 0 Å². The van der Waals surface area contributed by atoms with E-state index in [0.717, 1.165) is 18.7 Å². The molecule has 7 nitrogen and oxygen atoms in total. The third kappa shape index (κ3) is 3.17. The number of hydrogen-bond donors (Lipinski definition) is 2. The SMILES string of the molecule is CC1CNCCN1C(=O)c1ccc([N+](=O)[O-])c(O)c1.Cl. The number of carbonyl (C=O) groups is 1. The van der Waals surface area contributed by atoms with Gasteiger partial charge in [-0.3, -0.25) is 14.9 Å². The first-order valence-electron chi connectivity index (χ1n) is 6.00. The summed E-state index contributed by atoms with van der Waals surface area (Å²) >= 11 is 0. The fourth-order valence-corrected chi connectivity index (χ4v) is 2.12. The van der Waals surface area contributed by atoms with Crippen LogP contribution in [0.4, 0.5) is 5.69 Å². The number of hydrogen-bond acceptors (Lipinski definition) is 5. The Morgan fingerprint density at radius 3 is 2.80 bits per heavy atom. The molecule has 1 amide bonds. The largest absolute Gasteiger partial charge is 0.502 e. The average molecular weight is 302 g/mol. The van der Waals surface area contributed by atoms with Crippen molar-refractivity contribution in [3.63, 3.8) is 0 Å². The van der Waals surface area contributed by atoms with Crippen LogP contribution in [0.5, 0.6) is 5.75 Å². The Morgan fingerprint density at radius 1 is 1.55 bits per heavy atom. The Hall–Kier alpha value is -1.86. The van der Waals surface area contributed by atoms with E-state index in [1.165, 1.54) is 6.07 Å². The molecule has 1 aliphatic rings. The number of nitro benzene ring substituents is 1. The van der Waals surface area contributed by atoms with Crippen molar-refractivity contribution < 1.29 is 14.8 Å². The zero-order valence-corrected chi connectivity index (χ0v) is 11.7. The van der Waals surface area contributed by atoms with Gasteiger partial charge in [0.25, 0.3) is 5.91 Å². The van der Waals surface area contributed by atoms with Crippen molar-refractivity contribution in [3.05, 3.63) is 33.9 Å². The van der Waals surface area contributed by atoms with Crippen LogP contribution >= 0.6 is 12.4 Å². The topological polar surface area (TPSA) is 95.7 Å². The van der Waals surface area contributed by atoms with E-state index in [2.05, 4.69) is 5.32 Å². The number of phenolic OH excluding ortho intramolecular Hbond substituents is 1. The van der Waals surface area contributed by atoms with Gasteiger partial charge in [-0.2, -0.15) is 0 Å². The Labute approximate surface area is 122 Å². The molecule has 1 heterocycles. The number of aromatic hydroxyl groups is 1. The number of halogens is 1. The standard InChI is InChI=1S/C12H15N3O4.ClH/c1-8-7-13-4-5-14(8)12(17)9-2-3-10(15(18)19)11(16)6-9;/h2-3,6,8,13,16H,4-5,7H2,1H3;1H. The molecule has 1 fully saturated rings. The van der Waals surface area contributed by atoms with Gasteiger partial charge in [0.15, 0.2) is 5.75 Å². The van der Waals surface area contributed by atoms with Crippen LogP contribution < -0.4 is 5.32 Å². The van der Waals surface area contributed by atoms with Crippen molar-refractivity contribution in [3.8, 4) is 5.75 Å². The second kappa shape index (κ2) is 6.53. The zero-order valence-electron chi connectivity index (χ0n) is 10.9. The summed E-state index contributed by atoms with van der Waals surface area (Å²) in [7, 11) is 0. The molecule has 1 atom stereocenters. The molecule has 0 aliphatic carbocycles. The number of nitrogens with zero attached hydrogens (tertiary/aromatic N) is 2. The maximum absolute atomic E-state index is 12.3. The Morgan fingerprint density at radius 2 is 2.25 bits per heavy atom. The van der Waals surface area contributed by atoms with Crippen molar-refractivity contribution in [2.45, 2.75) is 13.0 Å². The van der Waals surface area contributed by atoms with Crippen molar-refractivity contribution in [2.24, 2.45) is 0 Å². The molecule has 1 unspecified atom stereocenters. The predicted molar refractivity (Wildman–Crippen MR) is 75.4 cm³/mol. The number of amides is 1. The number of phenols is 1. The minimum absolute atomic E-state index is 0. The van der Waals surface area contributed by atoms with Crippen molar-refractivity contribution in [2.75, 3.05) is 19.6 Å². The molecule has 0 aromatic heterocycles. The molecule has 0 radical (unpaired) electrons. The number of benzene rings is 1. The highest BCUT2D eigenvalue weighted by molar-refractivity contribution is 5.95. The van der Waals surface area contributed by atoms with Gasteiger partial charge < -0.3 is 15.3 Å². The van der Waals surface area contributed by atoms with E-state index >= 15 is 0 Å². The van der Waals surface area contributed by atoms with Crippen LogP contribution in [0.2, 0.25) is 0 Å². The lowest BCUT2D eigenvalue weighted by atomic mass is 10.1. The van der Waals surface area contributed by atoms with E-state index in [0.29, 0.717) is 13.1 Å². The minimum atomic E-state index is -0.684. The highest BCUT2D eigenvalue weighted by atomic mass is 35.5. The molecule has 20 heavy (non-hydrogen) atoms. The van der Waals surface area contributed by atoms with Crippen LogP contribution in [0.3, 0.4) is 0 Å². The fraction of sp³-hybridized carbons (Fsp3) is 0.417. The van der Waals surface area contributed by atoms with Gasteiger partial charge in [-0.25, -0.2) is 0 Å². The quantitative estimate of drug-likeness (QED) is 0.631. The zero-order chi connectivity index (χ0) is 14.0. The van der Waals surface area contributed by atoms with Gasteiger partial charge in [0.1, 0.15) is 0 Å². The summed E-state index contributed by atoms with van der Waals surface area (Å²) < 4.78 is 0. The van der Waals surface area contributed by atoms with Crippen LogP contribution in [0.1, 0.15) is 17.3 Å². The first kappa shape index (κ1) is 16.2. The monoisotopic (exact) mass is 301 g/mol. The molecule has 0 saturated carbocycles. The number of carbonyl (C=O) groups excluding carboxylic acids is 1. The van der Waals surface area contributed by atoms with Gasteiger partial charge in [-0.05, 0) is 19.1 Å². The molecule has 1 aromatic rings. The normalized spacial score (nSPS) is 18.2. The first-order valence-corrected chi connectivity index (χ1v) is 6.00. The van der Waals surface area contributed by atoms with Crippen LogP contribution in [0, 0.1) is 10.1 Å². The van der Waals surface area contributed by atoms with Crippen LogP contribution in [-0.4, -0.2) is 46.5 Å². The third-order valence-corrected chi connectivity index (χ3v) is 3.18. The Balaban J connectivity index is 0.00000200. The number of piperazine rings is 1. The summed E-state index contributed by atoms with van der Waals surface area (Å²) in [4.78, 5) is 23.9. The van der Waals surface area contributed by atoms with E-state index in [9.17, 15) is 20.0 Å². The fourth-order valence-electron chi connectivity index (χ4n) is 2.12. The molecule has 1 aromatic carbocycles. The third-order valence-electron chi connectivity index (χ3n) is 3.18. The maximum Gasteiger partial charge on any atom is 0.310 e. The van der Waals surface area contributed by atoms with Gasteiger partial charge in [-0.1, -0.05) is 0 Å². The smallest absolute Gasteiger partial charge is 0.310 e. The van der Waals surface area contributed by atoms with Crippen molar-refractivity contribution in [1.82, 2.24) is 10.2 Å². The number of nitrogens with one attached hydrogen (secondary N) is 1. The lowest BCUT2D eigenvalue weighted by Gasteiger charge is -2.34. The van der Waals surface area contributed by atoms with Crippen LogP contribution in [-0.2, 0) is 0 Å². The van der Waals surface area contributed by atoms with Crippen LogP contribution in [0.25, 0.3) is 0 Å². The van der Waals surface area contributed by atoms with Gasteiger partial charge in [0, 0.05) is 37.3 Å². The maximum atomic E-state index is 12.3. The molecule has 0 spiro atoms. The van der Waals surface area contributed by atoms with Crippen LogP contribution in [0.15, 0.2) is 18.2 Å². The second-order valence-corrected chi connectivity index (χ2v) is 4.51. The molecule has 1 saturated heterocycles. The summed E-state index contributed by atoms with van der Waals surface area (Å²) in [5.74, 6) is -0.710. The predicted octanol–water partition coefficient (Wildman–Crippen LogP) is 1.16. The molecule has 0 bridgehead atoms. The molecular formula is C12H16ClN3O4. The van der Waals surface area contributed by atoms with Gasteiger partial charge in [-0.15, -0.1) is 12.4 Å². The Kier molecular flexibility index (Phi) is 5.29. The van der Waals surface area contributed by atoms with Gasteiger partial charge >= 0.3 is 5.69 Å². The second-order valence-electron chi connectivity index (χ2n) is 4.51. The highest BCUT2D eigenvalue weighted by Crippen LogP contribution is 2.27. The van der Waals surface area contributed by atoms with Gasteiger partial charge in [0.05, 0.1) is 4.92 Å². The number of nitro groups is 1. The highest BCUT2D eigenvalue weighted by Gasteiger charge is 2.25. The molecule has 2 rings (SSSR count). The van der Waals surface area contributed by atoms with Crippen molar-refractivity contribution >= 4 is 24.0 Å². The molecule has 8 heteroatoms. The lowest BCUT2D eigenvalue weighted by Crippen LogP contribution is -2.52. The minimum Gasteiger partial charge on any atom is -0.502 e. The summed E-state index contributed by atoms with van der Waals surface area (Å²) in [6.45, 7) is 3.94. The summed E-state index contributed by atoms with van der Waals surface area (Å²) in [6.07, 6.45) is 0. The summed E-state index contributed by atoms with van der Waals surface area (Å²) in [5, 5.41) is 23.3. The summed E-state index contributed by atoms with van der Waals surface area (Å²) in [6, 6.07) is 3.72. The van der Waals surface area contributed by atoms with E-state index < -0.39 is 16.4 Å². The van der Waals surface area contributed by atoms with E-state index in [-0.39, 0.29) is 29.9 Å². The number of rotatable bonds is 2. The Bertz CT molecular complexity index is 523. The lowest BCUT2D eigenvalue weighted by molar-refractivity contribution is -0.385. The average Bonchev–Trinajstić information content (AvgIpc) is 2.38. The molecule has 1 aliphatic heterocycles.